The molecule has 2 aromatic heterocycles. The number of carbonyl (C=O) groups is 1. The molecule has 0 spiro atoms. The highest BCUT2D eigenvalue weighted by Crippen LogP contribution is 2.27. The van der Waals surface area contributed by atoms with E-state index < -0.39 is 11.2 Å². The normalized spacial score (nSPS) is 15.9. The summed E-state index contributed by atoms with van der Waals surface area (Å²) in [5.74, 6) is -0.320. The minimum atomic E-state index is -0.596. The summed E-state index contributed by atoms with van der Waals surface area (Å²) in [4.78, 5) is 40.3. The predicted molar refractivity (Wildman–Crippen MR) is 132 cm³/mol. The number of fused-ring (bicyclic) bond motifs is 3. The van der Waals surface area contributed by atoms with Crippen LogP contribution >= 0.6 is 11.6 Å². The molecule has 1 aliphatic heterocycles. The maximum absolute atomic E-state index is 13.7. The van der Waals surface area contributed by atoms with Crippen molar-refractivity contribution in [3.8, 4) is 5.69 Å². The van der Waals surface area contributed by atoms with E-state index >= 15 is 0 Å². The summed E-state index contributed by atoms with van der Waals surface area (Å²) >= 11 is 6.15. The molecule has 0 bridgehead atoms. The fraction of sp³-hybridized carbons (Fsp3) is 0.320. The Bertz CT molecular complexity index is 1540. The molecule has 4 aromatic rings. The second-order valence-electron chi connectivity index (χ2n) is 8.71. The number of hydrogen-bond acceptors (Lipinski definition) is 4. The van der Waals surface area contributed by atoms with E-state index in [-0.39, 0.29) is 18.6 Å². The molecule has 0 aliphatic carbocycles. The third-order valence-electron chi connectivity index (χ3n) is 6.35. The van der Waals surface area contributed by atoms with E-state index in [1.807, 2.05) is 25.1 Å². The molecule has 1 saturated heterocycles. The van der Waals surface area contributed by atoms with Crippen LogP contribution in [0.5, 0.6) is 0 Å². The number of hydrogen-bond donors (Lipinski definition) is 1. The van der Waals surface area contributed by atoms with Crippen molar-refractivity contribution in [3.63, 3.8) is 0 Å². The Kier molecular flexibility index (Phi) is 5.79. The first kappa shape index (κ1) is 22.4. The minimum absolute atomic E-state index is 0.0127. The lowest BCUT2D eigenvalue weighted by atomic mass is 10.1. The minimum Gasteiger partial charge on any atom is -0.376 e. The lowest BCUT2D eigenvalue weighted by Crippen LogP contribution is -2.43. The highest BCUT2D eigenvalue weighted by Gasteiger charge is 2.23. The number of amides is 1. The molecule has 8 nitrogen and oxygen atoms in total. The maximum Gasteiger partial charge on any atom is 0.336 e. The van der Waals surface area contributed by atoms with Gasteiger partial charge in [-0.2, -0.15) is 0 Å². The van der Waals surface area contributed by atoms with Crippen LogP contribution in [-0.4, -0.2) is 38.9 Å². The van der Waals surface area contributed by atoms with Gasteiger partial charge in [0.05, 0.1) is 22.8 Å². The van der Waals surface area contributed by atoms with Crippen molar-refractivity contribution in [2.75, 3.05) is 13.2 Å². The van der Waals surface area contributed by atoms with Crippen LogP contribution in [-0.2, 0) is 23.1 Å². The fourth-order valence-corrected chi connectivity index (χ4v) is 4.87. The van der Waals surface area contributed by atoms with Gasteiger partial charge in [-0.05, 0) is 50.1 Å². The van der Waals surface area contributed by atoms with Crippen molar-refractivity contribution in [2.24, 2.45) is 7.05 Å². The van der Waals surface area contributed by atoms with E-state index in [2.05, 4.69) is 5.32 Å². The number of ether oxygens (including phenoxy) is 1. The van der Waals surface area contributed by atoms with E-state index in [0.29, 0.717) is 34.9 Å². The molecule has 3 heterocycles. The van der Waals surface area contributed by atoms with E-state index in [1.54, 1.807) is 35.9 Å². The summed E-state index contributed by atoms with van der Waals surface area (Å²) in [7, 11) is 1.79. The van der Waals surface area contributed by atoms with Crippen LogP contribution in [0.1, 0.15) is 18.4 Å². The van der Waals surface area contributed by atoms with Gasteiger partial charge in [0.1, 0.15) is 12.1 Å². The highest BCUT2D eigenvalue weighted by atomic mass is 35.5. The van der Waals surface area contributed by atoms with Gasteiger partial charge in [-0.3, -0.25) is 14.2 Å². The Labute approximate surface area is 200 Å². The molecule has 0 unspecified atom stereocenters. The summed E-state index contributed by atoms with van der Waals surface area (Å²) in [6.45, 7) is 2.80. The zero-order valence-electron chi connectivity index (χ0n) is 19.0. The van der Waals surface area contributed by atoms with Crippen LogP contribution in [0.2, 0.25) is 5.02 Å². The Hall–Kier alpha value is -3.36. The standard InChI is InChI=1S/C25H25ClN4O4/c1-15-8-9-20-19(11-15)22-23(28(20)2)24(32)30(17-6-3-5-16(26)12-17)25(33)29(22)14-21(31)27-13-18-7-4-10-34-18/h3,5-6,8-9,11-12,18H,4,7,10,13-14H2,1-2H3,(H,27,31)/t18-/m0/s1. The molecule has 1 atom stereocenters. The van der Waals surface area contributed by atoms with Gasteiger partial charge in [0.25, 0.3) is 5.56 Å². The lowest BCUT2D eigenvalue weighted by Gasteiger charge is -2.15. The molecular weight excluding hydrogens is 456 g/mol. The van der Waals surface area contributed by atoms with Crippen molar-refractivity contribution in [1.29, 1.82) is 0 Å². The van der Waals surface area contributed by atoms with Crippen LogP contribution < -0.4 is 16.6 Å². The van der Waals surface area contributed by atoms with Crippen LogP contribution in [0.25, 0.3) is 27.6 Å². The van der Waals surface area contributed by atoms with Crippen LogP contribution in [0.15, 0.2) is 52.1 Å². The third-order valence-corrected chi connectivity index (χ3v) is 6.58. The van der Waals surface area contributed by atoms with Crippen molar-refractivity contribution in [3.05, 3.63) is 73.9 Å². The molecule has 1 aliphatic rings. The largest absolute Gasteiger partial charge is 0.376 e. The van der Waals surface area contributed by atoms with Crippen molar-refractivity contribution in [2.45, 2.75) is 32.4 Å². The molecule has 0 saturated carbocycles. The van der Waals surface area contributed by atoms with Gasteiger partial charge < -0.3 is 14.6 Å². The van der Waals surface area contributed by atoms with Crippen molar-refractivity contribution >= 4 is 39.4 Å². The number of nitrogens with zero attached hydrogens (tertiary/aromatic N) is 3. The molecule has 2 aromatic carbocycles. The molecule has 1 fully saturated rings. The van der Waals surface area contributed by atoms with E-state index in [4.69, 9.17) is 16.3 Å². The van der Waals surface area contributed by atoms with E-state index in [1.165, 1.54) is 4.57 Å². The molecular formula is C25H25ClN4O4. The van der Waals surface area contributed by atoms with Crippen LogP contribution in [0.3, 0.4) is 0 Å². The first-order chi connectivity index (χ1) is 16.3. The quantitative estimate of drug-likeness (QED) is 0.476. The zero-order chi connectivity index (χ0) is 24.0. The van der Waals surface area contributed by atoms with E-state index in [0.717, 1.165) is 33.9 Å². The number of benzene rings is 2. The summed E-state index contributed by atoms with van der Waals surface area (Å²) in [6.07, 6.45) is 1.86. The molecule has 0 radical (unpaired) electrons. The third kappa shape index (κ3) is 3.82. The number of aromatic nitrogens is 3. The Morgan fingerprint density at radius 3 is 2.74 bits per heavy atom. The molecule has 1 amide bonds. The molecule has 9 heteroatoms. The topological polar surface area (TPSA) is 87.3 Å². The summed E-state index contributed by atoms with van der Waals surface area (Å²) < 4.78 is 9.81. The monoisotopic (exact) mass is 480 g/mol. The molecule has 1 N–H and O–H groups in total. The van der Waals surface area contributed by atoms with Crippen LogP contribution in [0.4, 0.5) is 0 Å². The van der Waals surface area contributed by atoms with Gasteiger partial charge >= 0.3 is 5.69 Å². The van der Waals surface area contributed by atoms with Crippen molar-refractivity contribution in [1.82, 2.24) is 19.0 Å². The number of aryl methyl sites for hydroxylation is 2. The van der Waals surface area contributed by atoms with Gasteiger partial charge in [-0.1, -0.05) is 29.3 Å². The number of nitrogens with one attached hydrogen (secondary N) is 1. The summed E-state index contributed by atoms with van der Waals surface area (Å²) in [5.41, 5.74) is 1.86. The second kappa shape index (κ2) is 8.77. The number of carbonyl (C=O) groups excluding carboxylic acids is 1. The van der Waals surface area contributed by atoms with Gasteiger partial charge in [0, 0.05) is 30.6 Å². The Balaban J connectivity index is 1.73. The zero-order valence-corrected chi connectivity index (χ0v) is 19.8. The van der Waals surface area contributed by atoms with Crippen LogP contribution in [0, 0.1) is 6.92 Å². The summed E-state index contributed by atoms with van der Waals surface area (Å²) in [6, 6.07) is 12.4. The number of halogens is 1. The van der Waals surface area contributed by atoms with Gasteiger partial charge in [0.2, 0.25) is 5.91 Å². The molecule has 176 valence electrons. The molecule has 34 heavy (non-hydrogen) atoms. The predicted octanol–water partition coefficient (Wildman–Crippen LogP) is 2.90. The smallest absolute Gasteiger partial charge is 0.336 e. The average Bonchev–Trinajstić information content (AvgIpc) is 3.42. The van der Waals surface area contributed by atoms with Gasteiger partial charge in [0.15, 0.2) is 0 Å². The van der Waals surface area contributed by atoms with Gasteiger partial charge in [-0.25, -0.2) is 9.36 Å². The van der Waals surface area contributed by atoms with E-state index in [9.17, 15) is 14.4 Å². The van der Waals surface area contributed by atoms with Crippen molar-refractivity contribution < 1.29 is 9.53 Å². The Morgan fingerprint density at radius 2 is 2.00 bits per heavy atom. The second-order valence-corrected chi connectivity index (χ2v) is 9.14. The summed E-state index contributed by atoms with van der Waals surface area (Å²) in [5, 5.41) is 4.02. The van der Waals surface area contributed by atoms with Gasteiger partial charge in [-0.15, -0.1) is 0 Å². The molecule has 5 rings (SSSR count). The first-order valence-corrected chi connectivity index (χ1v) is 11.6. The first-order valence-electron chi connectivity index (χ1n) is 11.2. The maximum atomic E-state index is 13.7. The lowest BCUT2D eigenvalue weighted by molar-refractivity contribution is -0.122. The SMILES string of the molecule is Cc1ccc2c(c1)c1c(c(=O)n(-c3cccc(Cl)c3)c(=O)n1CC(=O)NC[C@@H]1CCCO1)n2C. The average molecular weight is 481 g/mol. The Morgan fingerprint density at radius 1 is 1.18 bits per heavy atom. The fourth-order valence-electron chi connectivity index (χ4n) is 4.69. The number of rotatable bonds is 5. The highest BCUT2D eigenvalue weighted by molar-refractivity contribution is 6.30.